The molecule has 2 nitrogen and oxygen atoms in total. The quantitative estimate of drug-likeness (QED) is 0.794. The van der Waals surface area contributed by atoms with Crippen molar-refractivity contribution in [1.29, 1.82) is 0 Å². The van der Waals surface area contributed by atoms with Crippen LogP contribution in [-0.4, -0.2) is 13.2 Å². The van der Waals surface area contributed by atoms with Gasteiger partial charge in [0.1, 0.15) is 5.75 Å². The Morgan fingerprint density at radius 1 is 1.22 bits per heavy atom. The highest BCUT2D eigenvalue weighted by molar-refractivity contribution is 5.45. The summed E-state index contributed by atoms with van der Waals surface area (Å²) < 4.78 is 5.85. The second-order valence-electron chi connectivity index (χ2n) is 4.97. The average Bonchev–Trinajstić information content (AvgIpc) is 2.34. The van der Waals surface area contributed by atoms with Crippen LogP contribution in [0.25, 0.3) is 0 Å². The molecule has 0 aliphatic heterocycles. The summed E-state index contributed by atoms with van der Waals surface area (Å²) in [6.07, 6.45) is 3.37. The molecule has 0 bridgehead atoms. The Morgan fingerprint density at radius 3 is 2.50 bits per heavy atom. The molecule has 0 saturated carbocycles. The van der Waals surface area contributed by atoms with Crippen molar-refractivity contribution in [3.05, 3.63) is 28.8 Å². The predicted molar refractivity (Wildman–Crippen MR) is 78.4 cm³/mol. The fraction of sp³-hybridized carbons (Fsp3) is 0.625. The minimum atomic E-state index is 0.564. The van der Waals surface area contributed by atoms with Gasteiger partial charge in [0.2, 0.25) is 0 Å². The van der Waals surface area contributed by atoms with Crippen LogP contribution in [-0.2, 0) is 0 Å². The van der Waals surface area contributed by atoms with Crippen LogP contribution < -0.4 is 10.5 Å². The fourth-order valence-corrected chi connectivity index (χ4v) is 2.58. The molecule has 1 aromatic rings. The first-order valence-corrected chi connectivity index (χ1v) is 7.08. The summed E-state index contributed by atoms with van der Waals surface area (Å²) in [4.78, 5) is 0. The molecule has 1 aromatic carbocycles. The molecule has 18 heavy (non-hydrogen) atoms. The maximum absolute atomic E-state index is 5.85. The van der Waals surface area contributed by atoms with Crippen molar-refractivity contribution in [2.24, 2.45) is 5.73 Å². The molecule has 1 atom stereocenters. The monoisotopic (exact) mass is 249 g/mol. The van der Waals surface area contributed by atoms with Crippen LogP contribution >= 0.6 is 0 Å². The molecule has 0 heterocycles. The van der Waals surface area contributed by atoms with Crippen LogP contribution in [0.4, 0.5) is 0 Å². The molecular weight excluding hydrogens is 222 g/mol. The van der Waals surface area contributed by atoms with E-state index in [1.54, 1.807) is 0 Å². The van der Waals surface area contributed by atoms with Gasteiger partial charge in [-0.3, -0.25) is 0 Å². The smallest absolute Gasteiger partial charge is 0.125 e. The Morgan fingerprint density at radius 2 is 1.94 bits per heavy atom. The summed E-state index contributed by atoms with van der Waals surface area (Å²) in [5, 5.41) is 0. The summed E-state index contributed by atoms with van der Waals surface area (Å²) in [6, 6.07) is 4.48. The zero-order chi connectivity index (χ0) is 13.5. The topological polar surface area (TPSA) is 35.2 Å². The lowest BCUT2D eigenvalue weighted by molar-refractivity contribution is 0.330. The Hall–Kier alpha value is -1.02. The van der Waals surface area contributed by atoms with Gasteiger partial charge in [0.05, 0.1) is 6.61 Å². The first kappa shape index (κ1) is 15.0. The Balaban J connectivity index is 3.09. The second kappa shape index (κ2) is 7.42. The molecule has 1 rings (SSSR count). The zero-order valence-electron chi connectivity index (χ0n) is 12.3. The van der Waals surface area contributed by atoms with Gasteiger partial charge in [0.15, 0.2) is 0 Å². The molecule has 1 unspecified atom stereocenters. The largest absolute Gasteiger partial charge is 0.493 e. The second-order valence-corrected chi connectivity index (χ2v) is 4.97. The van der Waals surface area contributed by atoms with E-state index in [0.29, 0.717) is 5.92 Å². The lowest BCUT2D eigenvalue weighted by Crippen LogP contribution is -2.07. The summed E-state index contributed by atoms with van der Waals surface area (Å²) >= 11 is 0. The molecule has 0 aliphatic rings. The molecule has 0 saturated heterocycles. The highest BCUT2D eigenvalue weighted by Crippen LogP contribution is 2.35. The first-order chi connectivity index (χ1) is 8.63. The van der Waals surface area contributed by atoms with E-state index in [2.05, 4.69) is 32.9 Å². The number of hydrogen-bond donors (Lipinski definition) is 1. The van der Waals surface area contributed by atoms with Gasteiger partial charge >= 0.3 is 0 Å². The van der Waals surface area contributed by atoms with Crippen molar-refractivity contribution in [3.8, 4) is 5.75 Å². The van der Waals surface area contributed by atoms with Gasteiger partial charge in [0.25, 0.3) is 0 Å². The van der Waals surface area contributed by atoms with Gasteiger partial charge in [-0.25, -0.2) is 0 Å². The van der Waals surface area contributed by atoms with Gasteiger partial charge < -0.3 is 10.5 Å². The zero-order valence-corrected chi connectivity index (χ0v) is 12.3. The number of ether oxygens (including phenoxy) is 1. The predicted octanol–water partition coefficient (Wildman–Crippen LogP) is 3.93. The van der Waals surface area contributed by atoms with Crippen LogP contribution in [0.3, 0.4) is 0 Å². The van der Waals surface area contributed by atoms with E-state index in [1.807, 2.05) is 6.92 Å². The van der Waals surface area contributed by atoms with Crippen molar-refractivity contribution in [2.45, 2.75) is 52.9 Å². The standard InChI is InChI=1S/C16H27NO/c1-5-14(8-7-9-17)15-11-12(3)10-13(4)16(15)18-6-2/h10-11,14H,5-9,17H2,1-4H3. The molecule has 0 radical (unpaired) electrons. The molecule has 0 aromatic heterocycles. The van der Waals surface area contributed by atoms with Crippen LogP contribution in [0.1, 0.15) is 55.7 Å². The fourth-order valence-electron chi connectivity index (χ4n) is 2.58. The van der Waals surface area contributed by atoms with Gasteiger partial charge in [-0.15, -0.1) is 0 Å². The van der Waals surface area contributed by atoms with Crippen molar-refractivity contribution in [3.63, 3.8) is 0 Å². The van der Waals surface area contributed by atoms with Gasteiger partial charge in [-0.1, -0.05) is 24.6 Å². The molecular formula is C16H27NO. The number of hydrogen-bond acceptors (Lipinski definition) is 2. The van der Waals surface area contributed by atoms with Gasteiger partial charge in [-0.2, -0.15) is 0 Å². The molecule has 2 N–H and O–H groups in total. The van der Waals surface area contributed by atoms with Crippen LogP contribution in [0, 0.1) is 13.8 Å². The summed E-state index contributed by atoms with van der Waals surface area (Å²) in [7, 11) is 0. The molecule has 0 amide bonds. The normalized spacial score (nSPS) is 12.5. The minimum absolute atomic E-state index is 0.564. The maximum atomic E-state index is 5.85. The lowest BCUT2D eigenvalue weighted by Gasteiger charge is -2.21. The van der Waals surface area contributed by atoms with Crippen molar-refractivity contribution < 1.29 is 4.74 Å². The third-order valence-corrected chi connectivity index (χ3v) is 3.43. The van der Waals surface area contributed by atoms with E-state index in [0.717, 1.165) is 38.2 Å². The Labute approximate surface area is 112 Å². The highest BCUT2D eigenvalue weighted by atomic mass is 16.5. The number of aryl methyl sites for hydroxylation is 2. The lowest BCUT2D eigenvalue weighted by atomic mass is 9.88. The summed E-state index contributed by atoms with van der Waals surface area (Å²) in [5.74, 6) is 1.65. The first-order valence-electron chi connectivity index (χ1n) is 7.08. The van der Waals surface area contributed by atoms with E-state index in [4.69, 9.17) is 10.5 Å². The van der Waals surface area contributed by atoms with E-state index in [-0.39, 0.29) is 0 Å². The van der Waals surface area contributed by atoms with Gasteiger partial charge in [0, 0.05) is 0 Å². The summed E-state index contributed by atoms with van der Waals surface area (Å²) in [6.45, 7) is 10.1. The van der Waals surface area contributed by atoms with E-state index >= 15 is 0 Å². The SMILES string of the molecule is CCOc1c(C)cc(C)cc1C(CC)CCCN. The summed E-state index contributed by atoms with van der Waals surface area (Å²) in [5.41, 5.74) is 9.57. The third kappa shape index (κ3) is 3.74. The van der Waals surface area contributed by atoms with Crippen molar-refractivity contribution in [2.75, 3.05) is 13.2 Å². The Bertz CT molecular complexity index is 374. The van der Waals surface area contributed by atoms with E-state index in [1.165, 1.54) is 16.7 Å². The Kier molecular flexibility index (Phi) is 6.20. The highest BCUT2D eigenvalue weighted by Gasteiger charge is 2.16. The minimum Gasteiger partial charge on any atom is -0.493 e. The number of benzene rings is 1. The molecule has 0 aliphatic carbocycles. The number of nitrogens with two attached hydrogens (primary N) is 1. The van der Waals surface area contributed by atoms with E-state index < -0.39 is 0 Å². The van der Waals surface area contributed by atoms with Crippen LogP contribution in [0.2, 0.25) is 0 Å². The number of rotatable bonds is 7. The third-order valence-electron chi connectivity index (χ3n) is 3.43. The maximum Gasteiger partial charge on any atom is 0.125 e. The van der Waals surface area contributed by atoms with Gasteiger partial charge in [-0.05, 0) is 63.6 Å². The molecule has 102 valence electrons. The molecule has 0 spiro atoms. The van der Waals surface area contributed by atoms with E-state index in [9.17, 15) is 0 Å². The van der Waals surface area contributed by atoms with Crippen molar-refractivity contribution >= 4 is 0 Å². The molecule has 2 heteroatoms. The average molecular weight is 249 g/mol. The van der Waals surface area contributed by atoms with Crippen LogP contribution in [0.15, 0.2) is 12.1 Å². The molecule has 0 fully saturated rings. The van der Waals surface area contributed by atoms with Crippen LogP contribution in [0.5, 0.6) is 5.75 Å². The van der Waals surface area contributed by atoms with Crippen molar-refractivity contribution in [1.82, 2.24) is 0 Å².